The van der Waals surface area contributed by atoms with Gasteiger partial charge < -0.3 is 5.11 Å². The highest BCUT2D eigenvalue weighted by atomic mass is 32.2. The van der Waals surface area contributed by atoms with E-state index in [0.717, 1.165) is 34.2 Å². The predicted molar refractivity (Wildman–Crippen MR) is 79.0 cm³/mol. The molecule has 5 nitrogen and oxygen atoms in total. The molecule has 20 heavy (non-hydrogen) atoms. The van der Waals surface area contributed by atoms with Crippen molar-refractivity contribution in [1.29, 1.82) is 0 Å². The fourth-order valence-corrected chi connectivity index (χ4v) is 3.84. The summed E-state index contributed by atoms with van der Waals surface area (Å²) in [5, 5.41) is 18.1. The summed E-state index contributed by atoms with van der Waals surface area (Å²) in [6.45, 7) is -0.136. The first-order valence-corrected chi connectivity index (χ1v) is 8.12. The number of aromatic amines is 1. The second-order valence-corrected chi connectivity index (χ2v) is 6.36. The molecule has 0 radical (unpaired) electrons. The monoisotopic (exact) mass is 307 g/mol. The summed E-state index contributed by atoms with van der Waals surface area (Å²) < 4.78 is 1.75. The van der Waals surface area contributed by atoms with Crippen LogP contribution in [0.3, 0.4) is 0 Å². The highest BCUT2D eigenvalue weighted by Gasteiger charge is 2.28. The first-order valence-electron chi connectivity index (χ1n) is 6.25. The molecular weight excluding hydrogens is 294 g/mol. The van der Waals surface area contributed by atoms with Gasteiger partial charge in [0.2, 0.25) is 0 Å². The van der Waals surface area contributed by atoms with E-state index in [1.807, 2.05) is 11.4 Å². The van der Waals surface area contributed by atoms with Gasteiger partial charge in [-0.3, -0.25) is 4.57 Å². The van der Waals surface area contributed by atoms with Gasteiger partial charge in [-0.25, -0.2) is 9.89 Å². The lowest BCUT2D eigenvalue weighted by atomic mass is 10.3. The van der Waals surface area contributed by atoms with E-state index < -0.39 is 0 Å². The second-order valence-electron chi connectivity index (χ2n) is 4.42. The fraction of sp³-hybridized carbons (Fsp3) is 0.385. The standard InChI is InChI=1S/C13H13N3O2S2/c17-6-1-2-9-5-7-19-11(9)8-20-13-15-14-12(18)16(13)10-3-4-10/h5,7,10,17H,3-4,6,8H2,(H,14,18). The number of H-pyrrole nitrogens is 1. The van der Waals surface area contributed by atoms with Crippen LogP contribution in [0.1, 0.15) is 29.3 Å². The van der Waals surface area contributed by atoms with Crippen LogP contribution in [-0.4, -0.2) is 26.5 Å². The lowest BCUT2D eigenvalue weighted by Crippen LogP contribution is -2.16. The Balaban J connectivity index is 1.74. The highest BCUT2D eigenvalue weighted by Crippen LogP contribution is 2.37. The molecule has 1 aliphatic rings. The van der Waals surface area contributed by atoms with E-state index in [1.165, 1.54) is 0 Å². The Morgan fingerprint density at radius 3 is 3.20 bits per heavy atom. The van der Waals surface area contributed by atoms with E-state index in [-0.39, 0.29) is 12.3 Å². The minimum absolute atomic E-state index is 0.124. The molecule has 0 aromatic carbocycles. The largest absolute Gasteiger partial charge is 0.384 e. The van der Waals surface area contributed by atoms with Crippen LogP contribution < -0.4 is 5.69 Å². The minimum Gasteiger partial charge on any atom is -0.384 e. The van der Waals surface area contributed by atoms with E-state index in [1.54, 1.807) is 27.7 Å². The Morgan fingerprint density at radius 2 is 2.45 bits per heavy atom. The van der Waals surface area contributed by atoms with Crippen LogP contribution in [0.2, 0.25) is 0 Å². The molecule has 1 aliphatic carbocycles. The van der Waals surface area contributed by atoms with Crippen molar-refractivity contribution in [1.82, 2.24) is 14.8 Å². The van der Waals surface area contributed by atoms with Crippen LogP contribution in [-0.2, 0) is 5.75 Å². The molecule has 2 N–H and O–H groups in total. The predicted octanol–water partition coefficient (Wildman–Crippen LogP) is 1.60. The molecule has 0 atom stereocenters. The SMILES string of the molecule is O=c1[nH]nc(SCc2sccc2C#CCO)n1C1CC1. The third-order valence-electron chi connectivity index (χ3n) is 2.96. The average Bonchev–Trinajstić information content (AvgIpc) is 3.07. The Kier molecular flexibility index (Phi) is 3.96. The topological polar surface area (TPSA) is 70.9 Å². The second kappa shape index (κ2) is 5.87. The first kappa shape index (κ1) is 13.5. The van der Waals surface area contributed by atoms with Crippen molar-refractivity contribution < 1.29 is 5.11 Å². The average molecular weight is 307 g/mol. The lowest BCUT2D eigenvalue weighted by molar-refractivity contribution is 0.350. The summed E-state index contributed by atoms with van der Waals surface area (Å²) in [6, 6.07) is 2.27. The summed E-state index contributed by atoms with van der Waals surface area (Å²) in [5.41, 5.74) is 0.814. The zero-order valence-corrected chi connectivity index (χ0v) is 12.3. The number of aromatic nitrogens is 3. The van der Waals surface area contributed by atoms with E-state index in [2.05, 4.69) is 22.0 Å². The molecule has 1 saturated carbocycles. The molecule has 0 spiro atoms. The summed E-state index contributed by atoms with van der Waals surface area (Å²) >= 11 is 3.17. The van der Waals surface area contributed by atoms with Gasteiger partial charge in [-0.2, -0.15) is 0 Å². The molecule has 104 valence electrons. The normalized spacial score (nSPS) is 14.1. The molecule has 1 fully saturated rings. The zero-order valence-electron chi connectivity index (χ0n) is 10.6. The molecular formula is C13H13N3O2S2. The van der Waals surface area contributed by atoms with Gasteiger partial charge in [0.05, 0.1) is 0 Å². The van der Waals surface area contributed by atoms with Crippen LogP contribution in [0.4, 0.5) is 0 Å². The molecule has 3 rings (SSSR count). The number of thiophene rings is 1. The van der Waals surface area contributed by atoms with Crippen LogP contribution in [0, 0.1) is 11.8 Å². The van der Waals surface area contributed by atoms with Crippen LogP contribution in [0.25, 0.3) is 0 Å². The number of hydrogen-bond acceptors (Lipinski definition) is 5. The first-order chi connectivity index (χ1) is 9.79. The molecule has 0 unspecified atom stereocenters. The van der Waals surface area contributed by atoms with Crippen LogP contribution in [0.5, 0.6) is 0 Å². The molecule has 2 aromatic rings. The number of aliphatic hydroxyl groups excluding tert-OH is 1. The van der Waals surface area contributed by atoms with Gasteiger partial charge in [0, 0.05) is 22.2 Å². The summed E-state index contributed by atoms with van der Waals surface area (Å²) in [5.74, 6) is 6.32. The maximum atomic E-state index is 11.7. The van der Waals surface area contributed by atoms with Crippen molar-refractivity contribution >= 4 is 23.1 Å². The molecule has 0 amide bonds. The highest BCUT2D eigenvalue weighted by molar-refractivity contribution is 7.98. The van der Waals surface area contributed by atoms with E-state index in [4.69, 9.17) is 5.11 Å². The quantitative estimate of drug-likeness (QED) is 0.665. The van der Waals surface area contributed by atoms with Gasteiger partial charge in [0.1, 0.15) is 6.61 Å². The molecule has 2 aromatic heterocycles. The Labute approximate surface area is 124 Å². The molecule has 0 saturated heterocycles. The van der Waals surface area contributed by atoms with Crippen LogP contribution in [0.15, 0.2) is 21.4 Å². The van der Waals surface area contributed by atoms with Crippen molar-refractivity contribution in [3.05, 3.63) is 32.4 Å². The number of rotatable bonds is 4. The summed E-state index contributed by atoms with van der Waals surface area (Å²) in [6.07, 6.45) is 2.11. The van der Waals surface area contributed by atoms with Gasteiger partial charge in [-0.15, -0.1) is 16.4 Å². The number of hydrogen-bond donors (Lipinski definition) is 2. The Bertz CT molecular complexity index is 716. The van der Waals surface area contributed by atoms with Gasteiger partial charge in [-0.1, -0.05) is 23.6 Å². The smallest absolute Gasteiger partial charge is 0.344 e. The van der Waals surface area contributed by atoms with Crippen molar-refractivity contribution in [3.63, 3.8) is 0 Å². The fourth-order valence-electron chi connectivity index (χ4n) is 1.88. The molecule has 0 aliphatic heterocycles. The van der Waals surface area contributed by atoms with Crippen LogP contribution >= 0.6 is 23.1 Å². The van der Waals surface area contributed by atoms with Crippen molar-refractivity contribution in [2.24, 2.45) is 0 Å². The van der Waals surface area contributed by atoms with E-state index >= 15 is 0 Å². The van der Waals surface area contributed by atoms with Crippen molar-refractivity contribution in [2.75, 3.05) is 6.61 Å². The summed E-state index contributed by atoms with van der Waals surface area (Å²) in [7, 11) is 0. The zero-order chi connectivity index (χ0) is 13.9. The maximum absolute atomic E-state index is 11.7. The van der Waals surface area contributed by atoms with E-state index in [0.29, 0.717) is 6.04 Å². The number of nitrogens with one attached hydrogen (secondary N) is 1. The minimum atomic E-state index is -0.136. The van der Waals surface area contributed by atoms with Gasteiger partial charge >= 0.3 is 5.69 Å². The van der Waals surface area contributed by atoms with Crippen molar-refractivity contribution in [2.45, 2.75) is 29.8 Å². The molecule has 7 heteroatoms. The van der Waals surface area contributed by atoms with Gasteiger partial charge in [0.15, 0.2) is 5.16 Å². The summed E-state index contributed by atoms with van der Waals surface area (Å²) in [4.78, 5) is 12.8. The van der Waals surface area contributed by atoms with Gasteiger partial charge in [0.25, 0.3) is 0 Å². The molecule has 2 heterocycles. The molecule has 0 bridgehead atoms. The van der Waals surface area contributed by atoms with E-state index in [9.17, 15) is 4.79 Å². The maximum Gasteiger partial charge on any atom is 0.344 e. The Hall–Kier alpha value is -1.49. The third-order valence-corrected chi connectivity index (χ3v) is 5.05. The lowest BCUT2D eigenvalue weighted by Gasteiger charge is -2.02. The number of nitrogens with zero attached hydrogens (tertiary/aromatic N) is 2. The Morgan fingerprint density at radius 1 is 1.60 bits per heavy atom. The third kappa shape index (κ3) is 2.82. The van der Waals surface area contributed by atoms with Crippen molar-refractivity contribution in [3.8, 4) is 11.8 Å². The number of thioether (sulfide) groups is 1. The number of aliphatic hydroxyl groups is 1. The van der Waals surface area contributed by atoms with Gasteiger partial charge in [-0.05, 0) is 24.3 Å².